The number of esters is 2. The van der Waals surface area contributed by atoms with Gasteiger partial charge in [0.05, 0.1) is 31.2 Å². The third-order valence-electron chi connectivity index (χ3n) is 7.58. The highest BCUT2D eigenvalue weighted by Crippen LogP contribution is 2.45. The van der Waals surface area contributed by atoms with Crippen molar-refractivity contribution in [2.45, 2.75) is 137 Å². The number of carbonyl (C=O) groups excluding carboxylic acids is 2. The summed E-state index contributed by atoms with van der Waals surface area (Å²) in [5, 5.41) is 0. The Hall–Kier alpha value is -2.90. The maximum Gasteiger partial charge on any atom is 0.311 e. The van der Waals surface area contributed by atoms with Crippen LogP contribution in [-0.2, 0) is 28.5 Å². The number of carbonyl (C=O) groups is 2. The Labute approximate surface area is 298 Å². The van der Waals surface area contributed by atoms with Gasteiger partial charge in [0.1, 0.15) is 31.2 Å². The molecule has 2 saturated heterocycles. The molecule has 2 aliphatic rings. The summed E-state index contributed by atoms with van der Waals surface area (Å²) in [7, 11) is 1.40. The normalized spacial score (nSPS) is 17.3. The van der Waals surface area contributed by atoms with Gasteiger partial charge >= 0.3 is 11.9 Å². The van der Waals surface area contributed by atoms with Crippen LogP contribution in [-0.4, -0.2) is 57.7 Å². The minimum atomic E-state index is -0.801. The van der Waals surface area contributed by atoms with Crippen LogP contribution in [0.4, 0.5) is 0 Å². The molecule has 0 aliphatic carbocycles. The predicted octanol–water partition coefficient (Wildman–Crippen LogP) is 11.4. The average molecular weight is 683 g/mol. The van der Waals surface area contributed by atoms with Crippen molar-refractivity contribution in [2.24, 2.45) is 10.8 Å². The van der Waals surface area contributed by atoms with Crippen LogP contribution < -0.4 is 4.74 Å². The smallest absolute Gasteiger partial charge is 0.311 e. The molecule has 0 spiro atoms. The van der Waals surface area contributed by atoms with Crippen LogP contribution >= 0.6 is 0 Å². The molecule has 2 aromatic rings. The topological polar surface area (TPSA) is 86.9 Å². The van der Waals surface area contributed by atoms with E-state index in [0.717, 1.165) is 18.8 Å². The van der Waals surface area contributed by atoms with Crippen LogP contribution in [0.1, 0.15) is 131 Å². The van der Waals surface area contributed by atoms with Gasteiger partial charge in [0.15, 0.2) is 0 Å². The van der Waals surface area contributed by atoms with Gasteiger partial charge in [-0.05, 0) is 63.1 Å². The molecule has 4 rings (SSSR count). The van der Waals surface area contributed by atoms with Crippen molar-refractivity contribution in [1.82, 2.24) is 0 Å². The summed E-state index contributed by atoms with van der Waals surface area (Å²) >= 11 is 0. The van der Waals surface area contributed by atoms with Gasteiger partial charge in [0.2, 0.25) is 0 Å². The molecule has 7 nitrogen and oxygen atoms in total. The van der Waals surface area contributed by atoms with Crippen molar-refractivity contribution in [2.75, 3.05) is 33.5 Å². The number of epoxide rings is 2. The lowest BCUT2D eigenvalue weighted by atomic mass is 9.67. The number of hydrogen-bond donors (Lipinski definition) is 0. The first-order chi connectivity index (χ1) is 19.7. The van der Waals surface area contributed by atoms with Crippen LogP contribution in [0.2, 0.25) is 0 Å². The van der Waals surface area contributed by atoms with E-state index in [2.05, 4.69) is 19.1 Å². The van der Waals surface area contributed by atoms with E-state index >= 15 is 0 Å². The third-order valence-corrected chi connectivity index (χ3v) is 7.58. The van der Waals surface area contributed by atoms with Gasteiger partial charge in [0.25, 0.3) is 0 Å². The fourth-order valence-corrected chi connectivity index (χ4v) is 4.82. The van der Waals surface area contributed by atoms with E-state index in [1.54, 1.807) is 0 Å². The van der Waals surface area contributed by atoms with E-state index in [-0.39, 0.29) is 82.6 Å². The molecule has 0 N–H and O–H groups in total. The molecular weight excluding hydrogens is 604 g/mol. The zero-order valence-corrected chi connectivity index (χ0v) is 26.0. The Balaban J connectivity index is -0.000000189. The Morgan fingerprint density at radius 2 is 1.21 bits per heavy atom. The summed E-state index contributed by atoms with van der Waals surface area (Å²) in [6, 6.07) is 20.0. The first kappa shape index (κ1) is 57.4. The summed E-state index contributed by atoms with van der Waals surface area (Å²) < 4.78 is 26.2. The maximum atomic E-state index is 13.2. The van der Waals surface area contributed by atoms with E-state index in [9.17, 15) is 9.59 Å². The van der Waals surface area contributed by atoms with Crippen LogP contribution in [0.3, 0.4) is 0 Å². The largest absolute Gasteiger partial charge is 0.491 e. The summed E-state index contributed by atoms with van der Waals surface area (Å²) in [4.78, 5) is 25.6. The first-order valence-corrected chi connectivity index (χ1v) is 14.9. The van der Waals surface area contributed by atoms with Crippen molar-refractivity contribution < 1.29 is 33.3 Å². The van der Waals surface area contributed by atoms with E-state index in [1.807, 2.05) is 83.1 Å². The Bertz CT molecular complexity index is 1020. The molecule has 2 fully saturated rings. The zero-order chi connectivity index (χ0) is 30.3. The lowest BCUT2D eigenvalue weighted by Gasteiger charge is -2.37. The molecule has 0 saturated carbocycles. The first-order valence-electron chi connectivity index (χ1n) is 14.9. The Kier molecular flexibility index (Phi) is 34.7. The van der Waals surface area contributed by atoms with Gasteiger partial charge in [-0.2, -0.15) is 0 Å². The van der Waals surface area contributed by atoms with Crippen LogP contribution in [0, 0.1) is 10.8 Å². The maximum absolute atomic E-state index is 13.2. The van der Waals surface area contributed by atoms with Crippen molar-refractivity contribution in [3.05, 3.63) is 66.2 Å². The van der Waals surface area contributed by atoms with Crippen molar-refractivity contribution >= 4 is 11.9 Å². The molecule has 0 aromatic heterocycles. The van der Waals surface area contributed by atoms with Gasteiger partial charge in [-0.3, -0.25) is 9.59 Å². The molecule has 5 atom stereocenters. The van der Waals surface area contributed by atoms with Gasteiger partial charge < -0.3 is 23.7 Å². The second-order valence-electron chi connectivity index (χ2n) is 11.0. The SMILES string of the molecule is C.C.C.C.C.C.C.CC.CCC(CC(C)(CC(C)(CC)C(=O)OC)C(=O)OCC1CO1)c1ccccc1.c1ccc(OCC2CO2)cc1. The van der Waals surface area contributed by atoms with Crippen molar-refractivity contribution in [1.29, 1.82) is 0 Å². The Morgan fingerprint density at radius 3 is 1.62 bits per heavy atom. The third kappa shape index (κ3) is 19.2. The zero-order valence-electron chi connectivity index (χ0n) is 26.0. The highest BCUT2D eigenvalue weighted by atomic mass is 16.6. The summed E-state index contributed by atoms with van der Waals surface area (Å²) in [6.07, 6.45) is 2.86. The number of hydrogen-bond acceptors (Lipinski definition) is 7. The lowest BCUT2D eigenvalue weighted by molar-refractivity contribution is -0.163. The highest BCUT2D eigenvalue weighted by molar-refractivity contribution is 5.80. The molecule has 2 aromatic carbocycles. The standard InChI is InChI=1S/C23H34O5.C9H10O2.C2H6.7CH4/c1-6-17(18-11-9-8-10-12-18)13-23(4,21(25)28-15-19-14-27-19)16-22(3,7-2)20(24)26-5;1-2-4-8(5-3-1)10-6-9-7-11-9;1-2;;;;;;;/h8-12,17,19H,6-7,13-16H2,1-5H3;1-5,9H,6-7H2;1-2H3;7*1H4. The fourth-order valence-electron chi connectivity index (χ4n) is 4.82. The molecular formula is C41H78O7. The number of para-hydroxylation sites is 1. The van der Waals surface area contributed by atoms with Crippen LogP contribution in [0.5, 0.6) is 5.75 Å². The van der Waals surface area contributed by atoms with Gasteiger partial charge in [-0.15, -0.1) is 0 Å². The molecule has 2 aliphatic heterocycles. The van der Waals surface area contributed by atoms with E-state index < -0.39 is 10.8 Å². The minimum Gasteiger partial charge on any atom is -0.491 e. The molecule has 284 valence electrons. The van der Waals surface area contributed by atoms with E-state index in [0.29, 0.717) is 38.6 Å². The van der Waals surface area contributed by atoms with Crippen LogP contribution in [0.25, 0.3) is 0 Å². The fraction of sp³-hybridized carbons (Fsp3) is 0.659. The molecule has 0 amide bonds. The second-order valence-corrected chi connectivity index (χ2v) is 11.0. The summed E-state index contributed by atoms with van der Waals surface area (Å²) in [5.41, 5.74) is -0.344. The van der Waals surface area contributed by atoms with Crippen LogP contribution in [0.15, 0.2) is 60.7 Å². The molecule has 7 heteroatoms. The van der Waals surface area contributed by atoms with Gasteiger partial charge in [0, 0.05) is 0 Å². The average Bonchev–Trinajstić information content (AvgIpc) is 3.95. The van der Waals surface area contributed by atoms with Crippen molar-refractivity contribution in [3.63, 3.8) is 0 Å². The number of methoxy groups -OCH3 is 1. The number of benzene rings is 2. The van der Waals surface area contributed by atoms with Gasteiger partial charge in [-0.1, -0.05) is 128 Å². The van der Waals surface area contributed by atoms with Gasteiger partial charge in [-0.25, -0.2) is 0 Å². The quantitative estimate of drug-likeness (QED) is 0.145. The van der Waals surface area contributed by atoms with E-state index in [4.69, 9.17) is 23.7 Å². The second kappa shape index (κ2) is 29.1. The number of rotatable bonds is 14. The molecule has 5 unspecified atom stereocenters. The monoisotopic (exact) mass is 683 g/mol. The molecule has 2 heterocycles. The van der Waals surface area contributed by atoms with Crippen molar-refractivity contribution in [3.8, 4) is 5.75 Å². The Morgan fingerprint density at radius 1 is 0.750 bits per heavy atom. The lowest BCUT2D eigenvalue weighted by Crippen LogP contribution is -2.41. The summed E-state index contributed by atoms with van der Waals surface area (Å²) in [5.74, 6) is 0.575. The molecule has 0 radical (unpaired) electrons. The predicted molar refractivity (Wildman–Crippen MR) is 208 cm³/mol. The molecule has 0 bridgehead atoms. The minimum absolute atomic E-state index is 0. The van der Waals surface area contributed by atoms with E-state index in [1.165, 1.54) is 12.7 Å². The summed E-state index contributed by atoms with van der Waals surface area (Å²) in [6.45, 7) is 14.3. The molecule has 48 heavy (non-hydrogen) atoms. The highest BCUT2D eigenvalue weighted by Gasteiger charge is 2.46. The number of ether oxygens (including phenoxy) is 5.